The second-order valence-electron chi connectivity index (χ2n) is 4.76. The second kappa shape index (κ2) is 4.43. The Kier molecular flexibility index (Phi) is 3.75. The first kappa shape index (κ1) is 11.0. The van der Waals surface area contributed by atoms with Gasteiger partial charge in [-0.3, -0.25) is 0 Å². The standard InChI is InChI=1S/C12H23F/c1-4-6-7-12(5-2)9-11(13)8-10(12)3/h10-11H,4-9H2,1-3H3/t10?,11-,12?/m0/s1. The molecule has 1 rings (SSSR count). The van der Waals surface area contributed by atoms with E-state index in [1.54, 1.807) is 0 Å². The fourth-order valence-corrected chi connectivity index (χ4v) is 2.91. The van der Waals surface area contributed by atoms with Gasteiger partial charge in [0.15, 0.2) is 0 Å². The number of halogens is 1. The van der Waals surface area contributed by atoms with Gasteiger partial charge in [0.25, 0.3) is 0 Å². The molecule has 0 aromatic carbocycles. The van der Waals surface area contributed by atoms with Crippen LogP contribution in [0.15, 0.2) is 0 Å². The molecule has 2 unspecified atom stereocenters. The number of rotatable bonds is 4. The largest absolute Gasteiger partial charge is 0.247 e. The summed E-state index contributed by atoms with van der Waals surface area (Å²) < 4.78 is 13.3. The minimum absolute atomic E-state index is 0.343. The molecular weight excluding hydrogens is 163 g/mol. The molecule has 0 bridgehead atoms. The Morgan fingerprint density at radius 3 is 2.46 bits per heavy atom. The van der Waals surface area contributed by atoms with Crippen LogP contribution in [0.5, 0.6) is 0 Å². The Morgan fingerprint density at radius 2 is 2.08 bits per heavy atom. The van der Waals surface area contributed by atoms with E-state index >= 15 is 0 Å². The van der Waals surface area contributed by atoms with E-state index in [0.29, 0.717) is 11.3 Å². The summed E-state index contributed by atoms with van der Waals surface area (Å²) in [5.74, 6) is 0.596. The summed E-state index contributed by atoms with van der Waals surface area (Å²) in [5, 5.41) is 0. The van der Waals surface area contributed by atoms with Crippen LogP contribution in [0.1, 0.15) is 59.3 Å². The van der Waals surface area contributed by atoms with Gasteiger partial charge in [-0.05, 0) is 30.6 Å². The van der Waals surface area contributed by atoms with Crippen LogP contribution in [-0.4, -0.2) is 6.17 Å². The Morgan fingerprint density at radius 1 is 1.38 bits per heavy atom. The lowest BCUT2D eigenvalue weighted by atomic mass is 9.73. The van der Waals surface area contributed by atoms with Gasteiger partial charge in [0.05, 0.1) is 0 Å². The van der Waals surface area contributed by atoms with Crippen molar-refractivity contribution in [3.05, 3.63) is 0 Å². The van der Waals surface area contributed by atoms with Gasteiger partial charge in [0.1, 0.15) is 6.17 Å². The Hall–Kier alpha value is -0.0700. The highest BCUT2D eigenvalue weighted by atomic mass is 19.1. The molecule has 0 radical (unpaired) electrons. The Balaban J connectivity index is 2.57. The molecule has 1 saturated carbocycles. The molecule has 0 aromatic heterocycles. The smallest absolute Gasteiger partial charge is 0.101 e. The molecule has 0 spiro atoms. The third-order valence-electron chi connectivity index (χ3n) is 4.02. The van der Waals surface area contributed by atoms with E-state index in [1.165, 1.54) is 19.3 Å². The predicted molar refractivity (Wildman–Crippen MR) is 55.5 cm³/mol. The molecule has 0 saturated heterocycles. The summed E-state index contributed by atoms with van der Waals surface area (Å²) in [6, 6.07) is 0. The lowest BCUT2D eigenvalue weighted by Gasteiger charge is -2.32. The van der Waals surface area contributed by atoms with E-state index in [1.807, 2.05) is 0 Å². The van der Waals surface area contributed by atoms with Gasteiger partial charge in [-0.25, -0.2) is 4.39 Å². The van der Waals surface area contributed by atoms with E-state index in [2.05, 4.69) is 20.8 Å². The summed E-state index contributed by atoms with van der Waals surface area (Å²) in [5.41, 5.74) is 0.343. The molecule has 13 heavy (non-hydrogen) atoms. The van der Waals surface area contributed by atoms with E-state index in [0.717, 1.165) is 19.3 Å². The van der Waals surface area contributed by atoms with Crippen LogP contribution >= 0.6 is 0 Å². The van der Waals surface area contributed by atoms with Gasteiger partial charge in [-0.15, -0.1) is 0 Å². The summed E-state index contributed by atoms with van der Waals surface area (Å²) in [6.45, 7) is 6.68. The van der Waals surface area contributed by atoms with Crippen molar-refractivity contribution in [2.45, 2.75) is 65.5 Å². The molecule has 1 heteroatoms. The molecule has 1 aliphatic rings. The number of alkyl halides is 1. The first-order chi connectivity index (χ1) is 6.14. The lowest BCUT2D eigenvalue weighted by Crippen LogP contribution is -2.22. The van der Waals surface area contributed by atoms with Gasteiger partial charge in [-0.2, -0.15) is 0 Å². The second-order valence-corrected chi connectivity index (χ2v) is 4.76. The van der Waals surface area contributed by atoms with Crippen LogP contribution in [0.3, 0.4) is 0 Å². The van der Waals surface area contributed by atoms with Crippen molar-refractivity contribution in [2.24, 2.45) is 11.3 Å². The maximum Gasteiger partial charge on any atom is 0.101 e. The van der Waals surface area contributed by atoms with E-state index in [4.69, 9.17) is 0 Å². The lowest BCUT2D eigenvalue weighted by molar-refractivity contribution is 0.173. The molecule has 0 N–H and O–H groups in total. The summed E-state index contributed by atoms with van der Waals surface area (Å²) in [6.07, 6.45) is 6.01. The maximum absolute atomic E-state index is 13.3. The Bertz CT molecular complexity index is 155. The molecule has 3 atom stereocenters. The van der Waals surface area contributed by atoms with Gasteiger partial charge >= 0.3 is 0 Å². The fraction of sp³-hybridized carbons (Fsp3) is 1.00. The zero-order valence-corrected chi connectivity index (χ0v) is 9.28. The Labute approximate surface area is 81.9 Å². The van der Waals surface area contributed by atoms with E-state index in [-0.39, 0.29) is 0 Å². The summed E-state index contributed by atoms with van der Waals surface area (Å²) in [4.78, 5) is 0. The topological polar surface area (TPSA) is 0 Å². The molecule has 0 nitrogen and oxygen atoms in total. The molecule has 0 aromatic rings. The number of unbranched alkanes of at least 4 members (excludes halogenated alkanes) is 1. The summed E-state index contributed by atoms with van der Waals surface area (Å²) in [7, 11) is 0. The average Bonchev–Trinajstić information content (AvgIpc) is 2.38. The molecule has 0 amide bonds. The number of hydrogen-bond donors (Lipinski definition) is 0. The van der Waals surface area contributed by atoms with Gasteiger partial charge in [-0.1, -0.05) is 40.0 Å². The van der Waals surface area contributed by atoms with Gasteiger partial charge in [0.2, 0.25) is 0 Å². The highest BCUT2D eigenvalue weighted by Gasteiger charge is 2.42. The van der Waals surface area contributed by atoms with Crippen LogP contribution < -0.4 is 0 Å². The van der Waals surface area contributed by atoms with Crippen molar-refractivity contribution >= 4 is 0 Å². The van der Waals surface area contributed by atoms with Gasteiger partial charge < -0.3 is 0 Å². The molecule has 1 fully saturated rings. The quantitative estimate of drug-likeness (QED) is 0.612. The maximum atomic E-state index is 13.3. The third kappa shape index (κ3) is 2.24. The predicted octanol–water partition coefficient (Wildman–Crippen LogP) is 4.34. The minimum atomic E-state index is -0.521. The normalized spacial score (nSPS) is 39.7. The summed E-state index contributed by atoms with van der Waals surface area (Å²) >= 11 is 0. The zero-order valence-electron chi connectivity index (χ0n) is 9.28. The van der Waals surface area contributed by atoms with Crippen molar-refractivity contribution in [1.82, 2.24) is 0 Å². The van der Waals surface area contributed by atoms with Crippen molar-refractivity contribution in [3.8, 4) is 0 Å². The van der Waals surface area contributed by atoms with Crippen molar-refractivity contribution in [2.75, 3.05) is 0 Å². The van der Waals surface area contributed by atoms with E-state index in [9.17, 15) is 4.39 Å². The fourth-order valence-electron chi connectivity index (χ4n) is 2.91. The van der Waals surface area contributed by atoms with Crippen LogP contribution in [0.25, 0.3) is 0 Å². The van der Waals surface area contributed by atoms with Crippen molar-refractivity contribution in [3.63, 3.8) is 0 Å². The molecule has 0 heterocycles. The van der Waals surface area contributed by atoms with Crippen molar-refractivity contribution < 1.29 is 4.39 Å². The highest BCUT2D eigenvalue weighted by molar-refractivity contribution is 4.93. The monoisotopic (exact) mass is 186 g/mol. The first-order valence-electron chi connectivity index (χ1n) is 5.78. The molecular formula is C12H23F. The third-order valence-corrected chi connectivity index (χ3v) is 4.02. The zero-order chi connectivity index (χ0) is 9.90. The molecule has 78 valence electrons. The van der Waals surface area contributed by atoms with Crippen LogP contribution in [0, 0.1) is 11.3 Å². The van der Waals surface area contributed by atoms with Crippen LogP contribution in [-0.2, 0) is 0 Å². The molecule has 1 aliphatic carbocycles. The van der Waals surface area contributed by atoms with Gasteiger partial charge in [0, 0.05) is 0 Å². The van der Waals surface area contributed by atoms with Crippen molar-refractivity contribution in [1.29, 1.82) is 0 Å². The highest BCUT2D eigenvalue weighted by Crippen LogP contribution is 2.50. The first-order valence-corrected chi connectivity index (χ1v) is 5.78. The SMILES string of the molecule is CCCCC1(CC)C[C@@H](F)CC1C. The average molecular weight is 186 g/mol. The van der Waals surface area contributed by atoms with E-state index < -0.39 is 6.17 Å². The number of hydrogen-bond acceptors (Lipinski definition) is 0. The minimum Gasteiger partial charge on any atom is -0.247 e. The van der Waals surface area contributed by atoms with Crippen LogP contribution in [0.2, 0.25) is 0 Å². The van der Waals surface area contributed by atoms with Crippen LogP contribution in [0.4, 0.5) is 4.39 Å². The molecule has 0 aliphatic heterocycles.